The average molecular weight is 322 g/mol. The summed E-state index contributed by atoms with van der Waals surface area (Å²) in [5, 5.41) is 0. The van der Waals surface area contributed by atoms with E-state index < -0.39 is 0 Å². The first-order chi connectivity index (χ1) is 9.19. The van der Waals surface area contributed by atoms with E-state index in [0.29, 0.717) is 23.8 Å². The van der Waals surface area contributed by atoms with Gasteiger partial charge in [-0.1, -0.05) is 15.9 Å². The SMILES string of the molecule is CCOC(=O)c1ccc(Oc2ccc(Br)cc2)nc1. The number of benzene rings is 1. The normalized spacial score (nSPS) is 10.0. The second kappa shape index (κ2) is 6.33. The van der Waals surface area contributed by atoms with Crippen LogP contribution in [0.1, 0.15) is 17.3 Å². The van der Waals surface area contributed by atoms with Crippen LogP contribution in [0.5, 0.6) is 11.6 Å². The number of halogens is 1. The lowest BCUT2D eigenvalue weighted by atomic mass is 10.3. The molecule has 0 aliphatic heterocycles. The van der Waals surface area contributed by atoms with E-state index in [-0.39, 0.29) is 5.97 Å². The third kappa shape index (κ3) is 3.79. The van der Waals surface area contributed by atoms with Gasteiger partial charge in [-0.3, -0.25) is 0 Å². The molecule has 2 rings (SSSR count). The molecule has 4 nitrogen and oxygen atoms in total. The van der Waals surface area contributed by atoms with Gasteiger partial charge < -0.3 is 9.47 Å². The maximum absolute atomic E-state index is 11.4. The number of hydrogen-bond donors (Lipinski definition) is 0. The Morgan fingerprint density at radius 1 is 1.21 bits per heavy atom. The molecule has 1 aromatic carbocycles. The summed E-state index contributed by atoms with van der Waals surface area (Å²) >= 11 is 3.35. The van der Waals surface area contributed by atoms with Gasteiger partial charge in [-0.05, 0) is 37.3 Å². The average Bonchev–Trinajstić information content (AvgIpc) is 2.42. The number of carbonyl (C=O) groups is 1. The molecule has 0 saturated heterocycles. The van der Waals surface area contributed by atoms with Crippen LogP contribution < -0.4 is 4.74 Å². The van der Waals surface area contributed by atoms with Crippen LogP contribution in [-0.4, -0.2) is 17.6 Å². The third-order valence-electron chi connectivity index (χ3n) is 2.28. The number of rotatable bonds is 4. The third-order valence-corrected chi connectivity index (χ3v) is 2.81. The van der Waals surface area contributed by atoms with Crippen LogP contribution in [-0.2, 0) is 4.74 Å². The molecule has 98 valence electrons. The summed E-state index contributed by atoms with van der Waals surface area (Å²) < 4.78 is 11.4. The molecule has 2 aromatic rings. The standard InChI is InChI=1S/C14H12BrNO3/c1-2-18-14(17)10-3-8-13(16-9-10)19-12-6-4-11(15)5-7-12/h3-9H,2H2,1H3. The van der Waals surface area contributed by atoms with Gasteiger partial charge in [-0.2, -0.15) is 0 Å². The Bertz CT molecular complexity index is 552. The molecule has 5 heteroatoms. The highest BCUT2D eigenvalue weighted by molar-refractivity contribution is 9.10. The van der Waals surface area contributed by atoms with Crippen molar-refractivity contribution in [3.63, 3.8) is 0 Å². The van der Waals surface area contributed by atoms with Crippen LogP contribution in [0, 0.1) is 0 Å². The first-order valence-corrected chi connectivity index (χ1v) is 6.55. The van der Waals surface area contributed by atoms with E-state index in [4.69, 9.17) is 9.47 Å². The van der Waals surface area contributed by atoms with Crippen LogP contribution in [0.3, 0.4) is 0 Å². The Hall–Kier alpha value is -1.88. The molecule has 19 heavy (non-hydrogen) atoms. The molecule has 1 aromatic heterocycles. The van der Waals surface area contributed by atoms with Gasteiger partial charge in [0.05, 0.1) is 12.2 Å². The van der Waals surface area contributed by atoms with Crippen molar-refractivity contribution in [1.29, 1.82) is 0 Å². The predicted octanol–water partition coefficient (Wildman–Crippen LogP) is 3.81. The highest BCUT2D eigenvalue weighted by Gasteiger charge is 2.07. The zero-order chi connectivity index (χ0) is 13.7. The maximum Gasteiger partial charge on any atom is 0.339 e. The molecule has 0 aliphatic carbocycles. The van der Waals surface area contributed by atoms with E-state index in [1.165, 1.54) is 6.20 Å². The number of pyridine rings is 1. The summed E-state index contributed by atoms with van der Waals surface area (Å²) in [5.74, 6) is 0.722. The molecule has 0 fully saturated rings. The molecule has 0 saturated carbocycles. The second-order valence-corrected chi connectivity index (χ2v) is 4.58. The summed E-state index contributed by atoms with van der Waals surface area (Å²) in [7, 11) is 0. The van der Waals surface area contributed by atoms with Crippen molar-refractivity contribution >= 4 is 21.9 Å². The van der Waals surface area contributed by atoms with E-state index in [2.05, 4.69) is 20.9 Å². The Morgan fingerprint density at radius 2 is 1.95 bits per heavy atom. The van der Waals surface area contributed by atoms with Crippen molar-refractivity contribution in [2.24, 2.45) is 0 Å². The number of carbonyl (C=O) groups excluding carboxylic acids is 1. The highest BCUT2D eigenvalue weighted by Crippen LogP contribution is 2.21. The molecule has 1 heterocycles. The van der Waals surface area contributed by atoms with Gasteiger partial charge in [0.2, 0.25) is 5.88 Å². The lowest BCUT2D eigenvalue weighted by molar-refractivity contribution is 0.0526. The molecule has 0 atom stereocenters. The Kier molecular flexibility index (Phi) is 4.52. The van der Waals surface area contributed by atoms with Crippen LogP contribution in [0.15, 0.2) is 47.1 Å². The number of nitrogens with zero attached hydrogens (tertiary/aromatic N) is 1. The van der Waals surface area contributed by atoms with Gasteiger partial charge in [-0.25, -0.2) is 9.78 Å². The largest absolute Gasteiger partial charge is 0.462 e. The minimum atomic E-state index is -0.384. The second-order valence-electron chi connectivity index (χ2n) is 3.66. The molecule has 0 radical (unpaired) electrons. The van der Waals surface area contributed by atoms with Gasteiger partial charge in [0.15, 0.2) is 0 Å². The smallest absolute Gasteiger partial charge is 0.339 e. The van der Waals surface area contributed by atoms with Gasteiger partial charge in [-0.15, -0.1) is 0 Å². The van der Waals surface area contributed by atoms with Gasteiger partial charge >= 0.3 is 5.97 Å². The topological polar surface area (TPSA) is 48.4 Å². The van der Waals surface area contributed by atoms with E-state index in [1.807, 2.05) is 24.3 Å². The molecule has 0 aliphatic rings. The minimum absolute atomic E-state index is 0.343. The van der Waals surface area contributed by atoms with E-state index in [9.17, 15) is 4.79 Å². The van der Waals surface area contributed by atoms with Gasteiger partial charge in [0.1, 0.15) is 5.75 Å². The van der Waals surface area contributed by atoms with Gasteiger partial charge in [0.25, 0.3) is 0 Å². The molecule has 0 amide bonds. The van der Waals surface area contributed by atoms with Crippen LogP contribution in [0.4, 0.5) is 0 Å². The zero-order valence-electron chi connectivity index (χ0n) is 10.3. The highest BCUT2D eigenvalue weighted by atomic mass is 79.9. The first kappa shape index (κ1) is 13.5. The molecule has 0 spiro atoms. The lowest BCUT2D eigenvalue weighted by Gasteiger charge is -2.05. The quantitative estimate of drug-likeness (QED) is 0.803. The van der Waals surface area contributed by atoms with Crippen LogP contribution >= 0.6 is 15.9 Å². The van der Waals surface area contributed by atoms with Crippen molar-refractivity contribution in [3.8, 4) is 11.6 Å². The monoisotopic (exact) mass is 321 g/mol. The molecular weight excluding hydrogens is 310 g/mol. The fourth-order valence-corrected chi connectivity index (χ4v) is 1.66. The van der Waals surface area contributed by atoms with E-state index >= 15 is 0 Å². The van der Waals surface area contributed by atoms with Crippen molar-refractivity contribution in [3.05, 3.63) is 52.6 Å². The molecular formula is C14H12BrNO3. The summed E-state index contributed by atoms with van der Waals surface area (Å²) in [4.78, 5) is 15.5. The summed E-state index contributed by atoms with van der Waals surface area (Å²) in [6.07, 6.45) is 1.44. The van der Waals surface area contributed by atoms with E-state index in [0.717, 1.165) is 4.47 Å². The Balaban J connectivity index is 2.06. The number of esters is 1. The Labute approximate surface area is 119 Å². The maximum atomic E-state index is 11.4. The molecule has 0 N–H and O–H groups in total. The Morgan fingerprint density at radius 3 is 2.53 bits per heavy atom. The fourth-order valence-electron chi connectivity index (χ4n) is 1.40. The lowest BCUT2D eigenvalue weighted by Crippen LogP contribution is -2.04. The van der Waals surface area contributed by atoms with Crippen molar-refractivity contribution < 1.29 is 14.3 Å². The van der Waals surface area contributed by atoms with Crippen molar-refractivity contribution in [2.45, 2.75) is 6.92 Å². The predicted molar refractivity (Wildman–Crippen MR) is 74.4 cm³/mol. The minimum Gasteiger partial charge on any atom is -0.462 e. The summed E-state index contributed by atoms with van der Waals surface area (Å²) in [6, 6.07) is 10.7. The van der Waals surface area contributed by atoms with Crippen molar-refractivity contribution in [2.75, 3.05) is 6.61 Å². The van der Waals surface area contributed by atoms with Gasteiger partial charge in [0, 0.05) is 16.7 Å². The molecule has 0 unspecified atom stereocenters. The summed E-state index contributed by atoms with van der Waals surface area (Å²) in [6.45, 7) is 2.10. The van der Waals surface area contributed by atoms with Crippen LogP contribution in [0.2, 0.25) is 0 Å². The van der Waals surface area contributed by atoms with E-state index in [1.54, 1.807) is 19.1 Å². The number of ether oxygens (including phenoxy) is 2. The number of hydrogen-bond acceptors (Lipinski definition) is 4. The first-order valence-electron chi connectivity index (χ1n) is 5.75. The number of aromatic nitrogens is 1. The molecule has 0 bridgehead atoms. The van der Waals surface area contributed by atoms with Crippen LogP contribution in [0.25, 0.3) is 0 Å². The fraction of sp³-hybridized carbons (Fsp3) is 0.143. The van der Waals surface area contributed by atoms with Crippen molar-refractivity contribution in [1.82, 2.24) is 4.98 Å². The summed E-state index contributed by atoms with van der Waals surface area (Å²) in [5.41, 5.74) is 0.407. The zero-order valence-corrected chi connectivity index (χ0v) is 11.9.